The molecule has 3 nitrogen and oxygen atoms in total. The quantitative estimate of drug-likeness (QED) is 0.709. The fourth-order valence-corrected chi connectivity index (χ4v) is 1.16. The fourth-order valence-electron chi connectivity index (χ4n) is 1.16. The minimum Gasteiger partial charge on any atom is -0.319 e. The molecule has 0 saturated heterocycles. The first-order chi connectivity index (χ1) is 6.24. The first kappa shape index (κ1) is 9.99. The van der Waals surface area contributed by atoms with E-state index in [0.717, 1.165) is 18.7 Å². The van der Waals surface area contributed by atoms with E-state index in [1.807, 2.05) is 31.0 Å². The largest absolute Gasteiger partial charge is 0.319 e. The molecule has 1 aromatic heterocycles. The van der Waals surface area contributed by atoms with Crippen molar-refractivity contribution in [2.45, 2.75) is 13.3 Å². The Kier molecular flexibility index (Phi) is 3.71. The second kappa shape index (κ2) is 4.82. The highest BCUT2D eigenvalue weighted by molar-refractivity contribution is 5.59. The molecule has 0 aliphatic carbocycles. The zero-order chi connectivity index (χ0) is 9.68. The lowest BCUT2D eigenvalue weighted by Crippen LogP contribution is -2.06. The Balaban J connectivity index is 2.56. The summed E-state index contributed by atoms with van der Waals surface area (Å²) in [5, 5.41) is 7.43. The third-order valence-corrected chi connectivity index (χ3v) is 1.96. The lowest BCUT2D eigenvalue weighted by Gasteiger charge is -1.96. The average molecular weight is 179 g/mol. The molecule has 1 N–H and O–H groups in total. The molecular weight excluding hydrogens is 162 g/mol. The number of nitrogens with zero attached hydrogens (tertiary/aromatic N) is 2. The molecule has 13 heavy (non-hydrogen) atoms. The fraction of sp³-hybridized carbons (Fsp3) is 0.500. The van der Waals surface area contributed by atoms with Crippen LogP contribution in [-0.2, 0) is 7.05 Å². The van der Waals surface area contributed by atoms with Crippen molar-refractivity contribution < 1.29 is 0 Å². The summed E-state index contributed by atoms with van der Waals surface area (Å²) in [5.41, 5.74) is 2.31. The van der Waals surface area contributed by atoms with Crippen molar-refractivity contribution in [1.82, 2.24) is 15.1 Å². The molecule has 0 fully saturated rings. The van der Waals surface area contributed by atoms with E-state index in [-0.39, 0.29) is 0 Å². The van der Waals surface area contributed by atoms with Gasteiger partial charge in [-0.05, 0) is 38.6 Å². The van der Waals surface area contributed by atoms with Gasteiger partial charge in [0.05, 0.1) is 5.69 Å². The zero-order valence-electron chi connectivity index (χ0n) is 8.54. The monoisotopic (exact) mass is 179 g/mol. The van der Waals surface area contributed by atoms with E-state index < -0.39 is 0 Å². The second-order valence-electron chi connectivity index (χ2n) is 3.15. The van der Waals surface area contributed by atoms with Crippen molar-refractivity contribution in [3.05, 3.63) is 24.0 Å². The molecule has 0 saturated carbocycles. The van der Waals surface area contributed by atoms with Crippen molar-refractivity contribution in [2.24, 2.45) is 7.05 Å². The zero-order valence-corrected chi connectivity index (χ0v) is 8.54. The molecular formula is C10H17N3. The Bertz CT molecular complexity index is 286. The number of allylic oxidation sites excluding steroid dienone is 1. The van der Waals surface area contributed by atoms with Crippen LogP contribution in [0.1, 0.15) is 19.0 Å². The molecule has 0 amide bonds. The van der Waals surface area contributed by atoms with Crippen LogP contribution >= 0.6 is 0 Å². The van der Waals surface area contributed by atoms with E-state index in [1.165, 1.54) is 5.57 Å². The molecule has 72 valence electrons. The van der Waals surface area contributed by atoms with Gasteiger partial charge in [0.15, 0.2) is 0 Å². The van der Waals surface area contributed by atoms with Gasteiger partial charge in [-0.2, -0.15) is 5.10 Å². The molecule has 0 atom stereocenters. The van der Waals surface area contributed by atoms with Gasteiger partial charge in [-0.1, -0.05) is 6.08 Å². The number of aromatic nitrogens is 2. The molecule has 1 rings (SSSR count). The lowest BCUT2D eigenvalue weighted by atomic mass is 10.2. The topological polar surface area (TPSA) is 29.9 Å². The average Bonchev–Trinajstić information content (AvgIpc) is 2.52. The smallest absolute Gasteiger partial charge is 0.0876 e. The van der Waals surface area contributed by atoms with Crippen molar-refractivity contribution in [1.29, 1.82) is 0 Å². The standard InChI is InChI=1S/C10H17N3/c1-9(5-4-7-11-2)10-6-8-13(3)12-10/h5-6,8,11H,4,7H2,1-3H3/b9-5-. The maximum Gasteiger partial charge on any atom is 0.0876 e. The van der Waals surface area contributed by atoms with Crippen LogP contribution in [-0.4, -0.2) is 23.4 Å². The van der Waals surface area contributed by atoms with Crippen LogP contribution in [0, 0.1) is 0 Å². The molecule has 0 aromatic carbocycles. The molecule has 1 aromatic rings. The third-order valence-electron chi connectivity index (χ3n) is 1.96. The summed E-state index contributed by atoms with van der Waals surface area (Å²) in [4.78, 5) is 0. The Morgan fingerprint density at radius 1 is 1.69 bits per heavy atom. The van der Waals surface area contributed by atoms with Gasteiger partial charge < -0.3 is 5.32 Å². The van der Waals surface area contributed by atoms with E-state index in [9.17, 15) is 0 Å². The van der Waals surface area contributed by atoms with Gasteiger partial charge in [0, 0.05) is 13.2 Å². The molecule has 1 heterocycles. The van der Waals surface area contributed by atoms with Crippen molar-refractivity contribution in [3.8, 4) is 0 Å². The summed E-state index contributed by atoms with van der Waals surface area (Å²) in [5.74, 6) is 0. The normalized spacial score (nSPS) is 12.1. The van der Waals surface area contributed by atoms with Crippen LogP contribution in [0.4, 0.5) is 0 Å². The lowest BCUT2D eigenvalue weighted by molar-refractivity contribution is 0.762. The van der Waals surface area contributed by atoms with Crippen LogP contribution in [0.5, 0.6) is 0 Å². The van der Waals surface area contributed by atoms with Crippen molar-refractivity contribution in [3.63, 3.8) is 0 Å². The number of nitrogens with one attached hydrogen (secondary N) is 1. The van der Waals surface area contributed by atoms with Gasteiger partial charge in [-0.15, -0.1) is 0 Å². The number of rotatable bonds is 4. The maximum absolute atomic E-state index is 4.32. The van der Waals surface area contributed by atoms with E-state index in [1.54, 1.807) is 0 Å². The predicted molar refractivity (Wildman–Crippen MR) is 55.4 cm³/mol. The first-order valence-electron chi connectivity index (χ1n) is 4.55. The minimum atomic E-state index is 1.02. The minimum absolute atomic E-state index is 1.02. The highest BCUT2D eigenvalue weighted by atomic mass is 15.2. The third kappa shape index (κ3) is 3.03. The Morgan fingerprint density at radius 2 is 2.46 bits per heavy atom. The van der Waals surface area contributed by atoms with Crippen LogP contribution < -0.4 is 5.32 Å². The number of aryl methyl sites for hydroxylation is 1. The molecule has 0 radical (unpaired) electrons. The summed E-state index contributed by atoms with van der Waals surface area (Å²) >= 11 is 0. The summed E-state index contributed by atoms with van der Waals surface area (Å²) in [6, 6.07) is 2.03. The Hall–Kier alpha value is -1.09. The molecule has 0 aliphatic heterocycles. The summed E-state index contributed by atoms with van der Waals surface area (Å²) in [6.07, 6.45) is 5.22. The molecule has 0 aliphatic rings. The van der Waals surface area contributed by atoms with Crippen LogP contribution in [0.3, 0.4) is 0 Å². The molecule has 0 spiro atoms. The number of hydrogen-bond acceptors (Lipinski definition) is 2. The van der Waals surface area contributed by atoms with Gasteiger partial charge in [0.2, 0.25) is 0 Å². The Labute approximate surface area is 79.5 Å². The van der Waals surface area contributed by atoms with Crippen molar-refractivity contribution >= 4 is 5.57 Å². The number of hydrogen-bond donors (Lipinski definition) is 1. The van der Waals surface area contributed by atoms with E-state index >= 15 is 0 Å². The van der Waals surface area contributed by atoms with Crippen LogP contribution in [0.25, 0.3) is 5.57 Å². The van der Waals surface area contributed by atoms with E-state index in [2.05, 4.69) is 23.4 Å². The highest BCUT2D eigenvalue weighted by Gasteiger charge is 1.97. The van der Waals surface area contributed by atoms with Gasteiger partial charge in [0.25, 0.3) is 0 Å². The second-order valence-corrected chi connectivity index (χ2v) is 3.15. The van der Waals surface area contributed by atoms with Crippen LogP contribution in [0.15, 0.2) is 18.3 Å². The SMILES string of the molecule is CNCC/C=C(/C)c1ccn(C)n1. The van der Waals surface area contributed by atoms with E-state index in [0.29, 0.717) is 0 Å². The summed E-state index contributed by atoms with van der Waals surface area (Å²) in [6.45, 7) is 3.11. The molecule has 0 bridgehead atoms. The first-order valence-corrected chi connectivity index (χ1v) is 4.55. The van der Waals surface area contributed by atoms with E-state index in [4.69, 9.17) is 0 Å². The summed E-state index contributed by atoms with van der Waals surface area (Å²) in [7, 11) is 3.90. The Morgan fingerprint density at radius 3 is 3.00 bits per heavy atom. The van der Waals surface area contributed by atoms with Crippen LogP contribution in [0.2, 0.25) is 0 Å². The highest BCUT2D eigenvalue weighted by Crippen LogP contribution is 2.10. The molecule has 3 heteroatoms. The van der Waals surface area contributed by atoms with Gasteiger partial charge in [0.1, 0.15) is 0 Å². The summed E-state index contributed by atoms with van der Waals surface area (Å²) < 4.78 is 1.82. The van der Waals surface area contributed by atoms with Gasteiger partial charge in [-0.3, -0.25) is 4.68 Å². The maximum atomic E-state index is 4.32. The van der Waals surface area contributed by atoms with Crippen molar-refractivity contribution in [2.75, 3.05) is 13.6 Å². The van der Waals surface area contributed by atoms with Gasteiger partial charge >= 0.3 is 0 Å². The molecule has 0 unspecified atom stereocenters. The predicted octanol–water partition coefficient (Wildman–Crippen LogP) is 1.43. The van der Waals surface area contributed by atoms with Gasteiger partial charge in [-0.25, -0.2) is 0 Å².